The molecule has 1 aliphatic rings. The summed E-state index contributed by atoms with van der Waals surface area (Å²) >= 11 is 5.70. The van der Waals surface area contributed by atoms with Crippen LogP contribution in [-0.4, -0.2) is 40.7 Å². The number of urea groups is 1. The molecule has 7 nitrogen and oxygen atoms in total. The molecule has 108 valence electrons. The molecule has 0 aliphatic carbocycles. The lowest BCUT2D eigenvalue weighted by molar-refractivity contribution is -0.384. The number of likely N-dealkylation sites (tertiary alicyclic amines) is 1. The molecule has 2 N–H and O–H groups in total. The summed E-state index contributed by atoms with van der Waals surface area (Å²) in [7, 11) is 0. The van der Waals surface area contributed by atoms with Crippen LogP contribution in [0.4, 0.5) is 16.2 Å². The average molecular weight is 300 g/mol. The Balaban J connectivity index is 2.05. The molecule has 1 aliphatic heterocycles. The summed E-state index contributed by atoms with van der Waals surface area (Å²) in [5.41, 5.74) is 0.0673. The zero-order valence-electron chi connectivity index (χ0n) is 10.6. The Hall–Kier alpha value is -1.86. The maximum atomic E-state index is 12.0. The van der Waals surface area contributed by atoms with Gasteiger partial charge in [0.15, 0.2) is 0 Å². The van der Waals surface area contributed by atoms with E-state index >= 15 is 0 Å². The Labute approximate surface area is 120 Å². The maximum Gasteiger partial charge on any atom is 0.321 e. The second kappa shape index (κ2) is 6.06. The van der Waals surface area contributed by atoms with Crippen molar-refractivity contribution in [2.75, 3.05) is 25.0 Å². The van der Waals surface area contributed by atoms with Crippen molar-refractivity contribution in [1.29, 1.82) is 0 Å². The van der Waals surface area contributed by atoms with Gasteiger partial charge in [-0.1, -0.05) is 11.6 Å². The topological polar surface area (TPSA) is 95.7 Å². The van der Waals surface area contributed by atoms with Crippen molar-refractivity contribution in [3.05, 3.63) is 33.3 Å². The van der Waals surface area contributed by atoms with Crippen LogP contribution in [0, 0.1) is 16.0 Å². The fourth-order valence-electron chi connectivity index (χ4n) is 2.10. The minimum atomic E-state index is -0.602. The Morgan fingerprint density at radius 1 is 1.60 bits per heavy atom. The molecule has 1 heterocycles. The summed E-state index contributed by atoms with van der Waals surface area (Å²) in [6.45, 7) is 1.10. The molecule has 1 aromatic rings. The van der Waals surface area contributed by atoms with Gasteiger partial charge in [-0.15, -0.1) is 0 Å². The van der Waals surface area contributed by atoms with Crippen LogP contribution in [0.25, 0.3) is 0 Å². The van der Waals surface area contributed by atoms with Crippen LogP contribution in [0.1, 0.15) is 6.42 Å². The zero-order valence-corrected chi connectivity index (χ0v) is 11.3. The van der Waals surface area contributed by atoms with Crippen LogP contribution in [0.3, 0.4) is 0 Å². The van der Waals surface area contributed by atoms with E-state index < -0.39 is 4.92 Å². The van der Waals surface area contributed by atoms with Crippen LogP contribution >= 0.6 is 11.6 Å². The Morgan fingerprint density at radius 3 is 2.95 bits per heavy atom. The summed E-state index contributed by atoms with van der Waals surface area (Å²) in [5.74, 6) is 0.0975. The Kier molecular flexibility index (Phi) is 4.41. The molecule has 1 fully saturated rings. The number of carbonyl (C=O) groups is 1. The van der Waals surface area contributed by atoms with Crippen molar-refractivity contribution >= 4 is 29.0 Å². The fourth-order valence-corrected chi connectivity index (χ4v) is 2.29. The molecule has 2 amide bonds. The first-order chi connectivity index (χ1) is 9.51. The smallest absolute Gasteiger partial charge is 0.321 e. The third kappa shape index (κ3) is 3.17. The van der Waals surface area contributed by atoms with Crippen LogP contribution in [0.15, 0.2) is 18.2 Å². The molecule has 20 heavy (non-hydrogen) atoms. The van der Waals surface area contributed by atoms with Gasteiger partial charge in [0.2, 0.25) is 0 Å². The number of amides is 2. The molecule has 2 rings (SSSR count). The van der Waals surface area contributed by atoms with Gasteiger partial charge in [0, 0.05) is 37.4 Å². The van der Waals surface area contributed by atoms with E-state index in [1.165, 1.54) is 18.2 Å². The van der Waals surface area contributed by atoms with Crippen molar-refractivity contribution in [1.82, 2.24) is 4.90 Å². The van der Waals surface area contributed by atoms with E-state index in [-0.39, 0.29) is 29.3 Å². The minimum absolute atomic E-state index is 0.0227. The average Bonchev–Trinajstić information content (AvgIpc) is 2.89. The quantitative estimate of drug-likeness (QED) is 0.660. The maximum absolute atomic E-state index is 12.0. The van der Waals surface area contributed by atoms with E-state index in [0.29, 0.717) is 18.8 Å². The zero-order chi connectivity index (χ0) is 14.7. The summed E-state index contributed by atoms with van der Waals surface area (Å²) in [6.07, 6.45) is 0.755. The monoisotopic (exact) mass is 299 g/mol. The highest BCUT2D eigenvalue weighted by atomic mass is 35.5. The second-order valence-electron chi connectivity index (χ2n) is 4.64. The van der Waals surface area contributed by atoms with Crippen LogP contribution < -0.4 is 5.32 Å². The molecule has 1 unspecified atom stereocenters. The van der Waals surface area contributed by atoms with Crippen molar-refractivity contribution < 1.29 is 14.8 Å². The number of carbonyl (C=O) groups excluding carboxylic acids is 1. The standard InChI is InChI=1S/C12H14ClN3O4/c13-10-2-1-9(5-11(10)16(19)20)14-12(18)15-4-3-8(6-15)7-17/h1-2,5,8,17H,3-4,6-7H2,(H,14,18). The van der Waals surface area contributed by atoms with Gasteiger partial charge in [0.25, 0.3) is 5.69 Å². The number of hydrogen-bond acceptors (Lipinski definition) is 4. The Bertz CT molecular complexity index is 537. The molecular formula is C12H14ClN3O4. The van der Waals surface area contributed by atoms with E-state index in [2.05, 4.69) is 5.32 Å². The molecule has 0 radical (unpaired) electrons. The first-order valence-corrected chi connectivity index (χ1v) is 6.49. The van der Waals surface area contributed by atoms with Crippen molar-refractivity contribution in [3.63, 3.8) is 0 Å². The number of aliphatic hydroxyl groups excluding tert-OH is 1. The van der Waals surface area contributed by atoms with Gasteiger partial charge >= 0.3 is 6.03 Å². The number of halogens is 1. The van der Waals surface area contributed by atoms with Gasteiger partial charge in [0.05, 0.1) is 4.92 Å². The van der Waals surface area contributed by atoms with Gasteiger partial charge in [-0.25, -0.2) is 4.79 Å². The summed E-state index contributed by atoms with van der Waals surface area (Å²) in [5, 5.41) is 22.4. The third-order valence-electron chi connectivity index (χ3n) is 3.23. The highest BCUT2D eigenvalue weighted by Gasteiger charge is 2.26. The number of nitro groups is 1. The predicted octanol–water partition coefficient (Wildman–Crippen LogP) is 2.09. The third-order valence-corrected chi connectivity index (χ3v) is 3.54. The molecule has 0 spiro atoms. The molecule has 8 heteroatoms. The second-order valence-corrected chi connectivity index (χ2v) is 5.04. The molecule has 0 saturated carbocycles. The highest BCUT2D eigenvalue weighted by molar-refractivity contribution is 6.32. The first-order valence-electron chi connectivity index (χ1n) is 6.12. The van der Waals surface area contributed by atoms with Crippen molar-refractivity contribution in [2.24, 2.45) is 5.92 Å². The SMILES string of the molecule is O=C(Nc1ccc(Cl)c([N+](=O)[O-])c1)N1CCC(CO)C1. The van der Waals surface area contributed by atoms with Gasteiger partial charge in [-0.3, -0.25) is 10.1 Å². The van der Waals surface area contributed by atoms with Gasteiger partial charge in [-0.05, 0) is 18.6 Å². The number of rotatable bonds is 3. The number of nitro benzene ring substituents is 1. The number of nitrogens with zero attached hydrogens (tertiary/aromatic N) is 2. The normalized spacial score (nSPS) is 18.1. The van der Waals surface area contributed by atoms with Gasteiger partial charge in [0.1, 0.15) is 5.02 Å². The molecular weight excluding hydrogens is 286 g/mol. The lowest BCUT2D eigenvalue weighted by Gasteiger charge is -2.17. The highest BCUT2D eigenvalue weighted by Crippen LogP contribution is 2.27. The Morgan fingerprint density at radius 2 is 2.35 bits per heavy atom. The fraction of sp³-hybridized carbons (Fsp3) is 0.417. The number of aliphatic hydroxyl groups is 1. The molecule has 0 aromatic heterocycles. The largest absolute Gasteiger partial charge is 0.396 e. The first kappa shape index (κ1) is 14.5. The van der Waals surface area contributed by atoms with Crippen LogP contribution in [0.2, 0.25) is 5.02 Å². The minimum Gasteiger partial charge on any atom is -0.396 e. The lowest BCUT2D eigenvalue weighted by Crippen LogP contribution is -2.33. The number of benzene rings is 1. The number of anilines is 1. The van der Waals surface area contributed by atoms with E-state index in [4.69, 9.17) is 16.7 Å². The van der Waals surface area contributed by atoms with Crippen molar-refractivity contribution in [3.8, 4) is 0 Å². The number of nitrogens with one attached hydrogen (secondary N) is 1. The van der Waals surface area contributed by atoms with E-state index in [0.717, 1.165) is 6.42 Å². The lowest BCUT2D eigenvalue weighted by atomic mass is 10.1. The molecule has 0 bridgehead atoms. The molecule has 1 aromatic carbocycles. The van der Waals surface area contributed by atoms with E-state index in [9.17, 15) is 14.9 Å². The van der Waals surface area contributed by atoms with Crippen LogP contribution in [-0.2, 0) is 0 Å². The van der Waals surface area contributed by atoms with E-state index in [1.807, 2.05) is 0 Å². The summed E-state index contributed by atoms with van der Waals surface area (Å²) < 4.78 is 0. The van der Waals surface area contributed by atoms with Crippen molar-refractivity contribution in [2.45, 2.75) is 6.42 Å². The van der Waals surface area contributed by atoms with Crippen LogP contribution in [0.5, 0.6) is 0 Å². The van der Waals surface area contributed by atoms with E-state index in [1.54, 1.807) is 4.90 Å². The molecule has 1 atom stereocenters. The van der Waals surface area contributed by atoms with Gasteiger partial charge < -0.3 is 15.3 Å². The summed E-state index contributed by atoms with van der Waals surface area (Å²) in [4.78, 5) is 23.7. The predicted molar refractivity (Wildman–Crippen MR) is 73.9 cm³/mol. The number of hydrogen-bond donors (Lipinski definition) is 2. The van der Waals surface area contributed by atoms with Gasteiger partial charge in [-0.2, -0.15) is 0 Å². The molecule has 1 saturated heterocycles. The summed E-state index contributed by atoms with van der Waals surface area (Å²) in [6, 6.07) is 3.76.